The number of hydrogen-bond acceptors (Lipinski definition) is 8. The van der Waals surface area contributed by atoms with Crippen molar-refractivity contribution in [2.75, 3.05) is 32.5 Å². The highest BCUT2D eigenvalue weighted by Gasteiger charge is 2.46. The van der Waals surface area contributed by atoms with Crippen molar-refractivity contribution in [1.29, 1.82) is 0 Å². The highest BCUT2D eigenvalue weighted by atomic mass is 31.2. The lowest BCUT2D eigenvalue weighted by Gasteiger charge is -2.26. The van der Waals surface area contributed by atoms with Crippen molar-refractivity contribution in [2.45, 2.75) is 25.9 Å². The molecule has 0 aromatic heterocycles. The van der Waals surface area contributed by atoms with E-state index < -0.39 is 38.5 Å². The second kappa shape index (κ2) is 13.5. The zero-order valence-corrected chi connectivity index (χ0v) is 16.4. The van der Waals surface area contributed by atoms with Gasteiger partial charge in [-0.25, -0.2) is 9.25 Å². The number of alkyl halides is 3. The van der Waals surface area contributed by atoms with Gasteiger partial charge < -0.3 is 9.64 Å². The third kappa shape index (κ3) is 11.2. The molecule has 0 rings (SSSR count). The molecular formula is C15H25F3N3O6P. The number of carbonyl (C=O) groups excluding carboxylic acids is 2. The first-order chi connectivity index (χ1) is 13.1. The van der Waals surface area contributed by atoms with Gasteiger partial charge >= 0.3 is 25.6 Å². The number of ether oxygens (including phenoxy) is 1. The van der Waals surface area contributed by atoms with Crippen molar-refractivity contribution in [3.63, 3.8) is 0 Å². The number of nitrogens with zero attached hydrogens (tertiary/aromatic N) is 1. The van der Waals surface area contributed by atoms with Crippen LogP contribution in [0, 0.1) is 0 Å². The number of halogens is 3. The molecule has 0 heterocycles. The van der Waals surface area contributed by atoms with E-state index in [1.807, 2.05) is 6.92 Å². The maximum absolute atomic E-state index is 12.9. The summed E-state index contributed by atoms with van der Waals surface area (Å²) in [6, 6.07) is 0. The molecular weight excluding hydrogens is 406 g/mol. The van der Waals surface area contributed by atoms with Crippen molar-refractivity contribution in [3.8, 4) is 0 Å². The van der Waals surface area contributed by atoms with Gasteiger partial charge in [0.05, 0.1) is 6.61 Å². The van der Waals surface area contributed by atoms with Crippen molar-refractivity contribution < 1.29 is 41.3 Å². The monoisotopic (exact) mass is 431 g/mol. The third-order valence-corrected chi connectivity index (χ3v) is 4.32. The number of hydrogen-bond donors (Lipinski definition) is 2. The molecule has 0 aliphatic rings. The summed E-state index contributed by atoms with van der Waals surface area (Å²) in [4.78, 5) is 23.4. The van der Waals surface area contributed by atoms with Crippen LogP contribution in [-0.2, 0) is 28.1 Å². The molecule has 1 amide bonds. The number of nitrogens with one attached hydrogen (secondary N) is 2. The van der Waals surface area contributed by atoms with Gasteiger partial charge in [0.1, 0.15) is 12.8 Å². The number of amides is 1. The van der Waals surface area contributed by atoms with Crippen molar-refractivity contribution in [1.82, 2.24) is 15.9 Å². The Bertz CT molecular complexity index is 556. The molecule has 162 valence electrons. The quantitative estimate of drug-likeness (QED) is 0.134. The Kier molecular flexibility index (Phi) is 12.6. The van der Waals surface area contributed by atoms with Crippen LogP contribution in [0.25, 0.3) is 0 Å². The lowest BCUT2D eigenvalue weighted by Crippen LogP contribution is -2.45. The normalized spacial score (nSPS) is 11.7. The predicted octanol–water partition coefficient (Wildman–Crippen LogP) is 2.29. The standard InChI is InChI=1S/C15H25F3N3O6P/c1-4-7-10-25-13(22)11-21(14(23)15(16,17)18)12-28(24,26-19-8-5-2)27-20-9-6-3/h5-6,19-20H,2-4,7-12H2,1H3. The Morgan fingerprint density at radius 3 is 2.11 bits per heavy atom. The van der Waals surface area contributed by atoms with E-state index in [4.69, 9.17) is 14.0 Å². The maximum Gasteiger partial charge on any atom is 0.471 e. The average molecular weight is 431 g/mol. The van der Waals surface area contributed by atoms with E-state index in [-0.39, 0.29) is 24.6 Å². The molecule has 0 unspecified atom stereocenters. The average Bonchev–Trinajstić information content (AvgIpc) is 2.60. The summed E-state index contributed by atoms with van der Waals surface area (Å²) in [5.41, 5.74) is 4.35. The van der Waals surface area contributed by atoms with E-state index in [9.17, 15) is 27.3 Å². The largest absolute Gasteiger partial charge is 0.471 e. The molecule has 0 atom stereocenters. The Morgan fingerprint density at radius 2 is 1.68 bits per heavy atom. The third-order valence-electron chi connectivity index (χ3n) is 2.82. The molecule has 0 radical (unpaired) electrons. The lowest BCUT2D eigenvalue weighted by molar-refractivity contribution is -0.186. The van der Waals surface area contributed by atoms with Gasteiger partial charge in [0, 0.05) is 13.1 Å². The second-order valence-electron chi connectivity index (χ2n) is 5.28. The van der Waals surface area contributed by atoms with Crippen LogP contribution < -0.4 is 11.0 Å². The van der Waals surface area contributed by atoms with Crippen molar-refractivity contribution in [3.05, 3.63) is 25.3 Å². The second-order valence-corrected chi connectivity index (χ2v) is 7.15. The van der Waals surface area contributed by atoms with Gasteiger partial charge in [-0.3, -0.25) is 14.2 Å². The minimum atomic E-state index is -5.31. The fraction of sp³-hybridized carbons (Fsp3) is 0.600. The first kappa shape index (κ1) is 26.3. The van der Waals surface area contributed by atoms with Gasteiger partial charge in [0.15, 0.2) is 0 Å². The molecule has 0 aliphatic heterocycles. The Balaban J connectivity index is 5.34. The van der Waals surface area contributed by atoms with Gasteiger partial charge in [0.25, 0.3) is 0 Å². The molecule has 28 heavy (non-hydrogen) atoms. The predicted molar refractivity (Wildman–Crippen MR) is 94.7 cm³/mol. The highest BCUT2D eigenvalue weighted by molar-refractivity contribution is 7.53. The van der Waals surface area contributed by atoms with Crippen LogP contribution in [0.3, 0.4) is 0 Å². The van der Waals surface area contributed by atoms with Crippen LogP contribution in [0.4, 0.5) is 13.2 Å². The van der Waals surface area contributed by atoms with E-state index in [1.165, 1.54) is 12.2 Å². The summed E-state index contributed by atoms with van der Waals surface area (Å²) in [5.74, 6) is -3.48. The first-order valence-electron chi connectivity index (χ1n) is 8.25. The molecule has 0 spiro atoms. The maximum atomic E-state index is 12.9. The summed E-state index contributed by atoms with van der Waals surface area (Å²) in [5, 5.41) is 0. The Morgan fingerprint density at radius 1 is 1.14 bits per heavy atom. The topological polar surface area (TPSA) is 106 Å². The zero-order valence-electron chi connectivity index (χ0n) is 15.5. The summed E-state index contributed by atoms with van der Waals surface area (Å²) in [7, 11) is -4.37. The molecule has 0 saturated heterocycles. The van der Waals surface area contributed by atoms with Crippen LogP contribution >= 0.6 is 7.60 Å². The minimum Gasteiger partial charge on any atom is -0.464 e. The molecule has 0 fully saturated rings. The molecule has 0 aromatic carbocycles. The fourth-order valence-electron chi connectivity index (χ4n) is 1.57. The highest BCUT2D eigenvalue weighted by Crippen LogP contribution is 2.47. The lowest BCUT2D eigenvalue weighted by atomic mass is 10.4. The van der Waals surface area contributed by atoms with Gasteiger partial charge in [-0.15, -0.1) is 13.2 Å². The molecule has 13 heteroatoms. The van der Waals surface area contributed by atoms with Crippen molar-refractivity contribution in [2.24, 2.45) is 0 Å². The number of esters is 1. The van der Waals surface area contributed by atoms with Crippen LogP contribution in [0.15, 0.2) is 25.3 Å². The van der Waals surface area contributed by atoms with Gasteiger partial charge in [-0.1, -0.05) is 25.5 Å². The zero-order chi connectivity index (χ0) is 21.6. The Hall–Kier alpha value is -1.72. The van der Waals surface area contributed by atoms with Crippen LogP contribution in [0.2, 0.25) is 0 Å². The molecule has 2 N–H and O–H groups in total. The smallest absolute Gasteiger partial charge is 0.464 e. The number of carbonyl (C=O) groups is 2. The van der Waals surface area contributed by atoms with Gasteiger partial charge in [0.2, 0.25) is 0 Å². The van der Waals surface area contributed by atoms with E-state index in [0.29, 0.717) is 12.8 Å². The van der Waals surface area contributed by atoms with E-state index in [0.717, 1.165) is 0 Å². The van der Waals surface area contributed by atoms with Crippen molar-refractivity contribution >= 4 is 19.5 Å². The Labute approximate surface area is 161 Å². The number of rotatable bonds is 15. The van der Waals surface area contributed by atoms with E-state index in [2.05, 4.69) is 24.1 Å². The minimum absolute atomic E-state index is 0.000235. The molecule has 0 aliphatic carbocycles. The number of hydroxylamine groups is 2. The summed E-state index contributed by atoms with van der Waals surface area (Å²) < 4.78 is 65.7. The van der Waals surface area contributed by atoms with Gasteiger partial charge in [-0.05, 0) is 6.42 Å². The fourth-order valence-corrected chi connectivity index (χ4v) is 2.91. The van der Waals surface area contributed by atoms with Gasteiger partial charge in [-0.2, -0.15) is 24.1 Å². The number of unbranched alkanes of at least 4 members (excludes halogenated alkanes) is 1. The summed E-state index contributed by atoms with van der Waals surface area (Å²) in [6.07, 6.45) is -2.63. The summed E-state index contributed by atoms with van der Waals surface area (Å²) in [6.45, 7) is 7.45. The first-order valence-corrected chi connectivity index (χ1v) is 9.97. The van der Waals surface area contributed by atoms with E-state index >= 15 is 0 Å². The van der Waals surface area contributed by atoms with Crippen LogP contribution in [0.1, 0.15) is 19.8 Å². The van der Waals surface area contributed by atoms with Crippen LogP contribution in [0.5, 0.6) is 0 Å². The SMILES string of the molecule is C=CCNOP(=O)(CN(CC(=O)OCCCC)C(=O)C(F)(F)F)ONCC=C. The molecule has 0 bridgehead atoms. The molecule has 9 nitrogen and oxygen atoms in total. The van der Waals surface area contributed by atoms with E-state index in [1.54, 1.807) is 0 Å². The molecule has 0 aromatic rings. The van der Waals surface area contributed by atoms with Crippen LogP contribution in [-0.4, -0.2) is 55.5 Å². The molecule has 0 saturated carbocycles. The summed E-state index contributed by atoms with van der Waals surface area (Å²) >= 11 is 0.